The summed E-state index contributed by atoms with van der Waals surface area (Å²) in [5, 5.41) is 2.88. The number of nitrogens with one attached hydrogen (secondary N) is 1. The maximum Gasteiger partial charge on any atom is 0.264 e. The lowest BCUT2D eigenvalue weighted by Gasteiger charge is -2.25. The first-order chi connectivity index (χ1) is 16.1. The number of hydrogen-bond acceptors (Lipinski definition) is 5. The number of amides is 1. The quantitative estimate of drug-likeness (QED) is 0.414. The topological polar surface area (TPSA) is 84.9 Å². The van der Waals surface area contributed by atoms with Crippen molar-refractivity contribution in [1.29, 1.82) is 0 Å². The van der Waals surface area contributed by atoms with Crippen LogP contribution in [0.5, 0.6) is 11.5 Å². The molecule has 0 aliphatic rings. The van der Waals surface area contributed by atoms with Gasteiger partial charge in [-0.3, -0.25) is 9.10 Å². The van der Waals surface area contributed by atoms with Gasteiger partial charge in [-0.05, 0) is 61.9 Å². The van der Waals surface area contributed by atoms with E-state index in [1.807, 2.05) is 19.9 Å². The first-order valence-corrected chi connectivity index (χ1v) is 12.7. The standard InChI is InChI=1S/C25H27BrN2O5S/c1-17-8-11-22(12-9-17)34(30,31)28(21-7-5-6-20(26)15-21)16-25(29)27-18(2)19-10-13-23(32-3)24(14-19)33-4/h5-15,18H,16H2,1-4H3,(H,27,29). The fourth-order valence-electron chi connectivity index (χ4n) is 3.41. The summed E-state index contributed by atoms with van der Waals surface area (Å²) < 4.78 is 39.4. The number of ether oxygens (including phenoxy) is 2. The predicted octanol–water partition coefficient (Wildman–Crippen LogP) is 4.85. The molecule has 0 aliphatic heterocycles. The Hall–Kier alpha value is -3.04. The molecular weight excluding hydrogens is 520 g/mol. The molecule has 3 aromatic carbocycles. The van der Waals surface area contributed by atoms with Crippen molar-refractivity contribution < 1.29 is 22.7 Å². The van der Waals surface area contributed by atoms with Crippen LogP contribution < -0.4 is 19.1 Å². The average molecular weight is 547 g/mol. The molecule has 0 bridgehead atoms. The number of aryl methyl sites for hydroxylation is 1. The predicted molar refractivity (Wildman–Crippen MR) is 136 cm³/mol. The molecule has 9 heteroatoms. The average Bonchev–Trinajstić information content (AvgIpc) is 2.82. The molecule has 0 radical (unpaired) electrons. The minimum absolute atomic E-state index is 0.110. The number of hydrogen-bond donors (Lipinski definition) is 1. The molecular formula is C25H27BrN2O5S. The fourth-order valence-corrected chi connectivity index (χ4v) is 5.21. The van der Waals surface area contributed by atoms with Crippen LogP contribution in [0.3, 0.4) is 0 Å². The Balaban J connectivity index is 1.88. The monoisotopic (exact) mass is 546 g/mol. The number of halogens is 1. The maximum absolute atomic E-state index is 13.5. The molecule has 0 aliphatic carbocycles. The van der Waals surface area contributed by atoms with Crippen LogP contribution in [0, 0.1) is 6.92 Å². The summed E-state index contributed by atoms with van der Waals surface area (Å²) >= 11 is 3.38. The van der Waals surface area contributed by atoms with E-state index in [9.17, 15) is 13.2 Å². The normalized spacial score (nSPS) is 12.0. The van der Waals surface area contributed by atoms with Crippen molar-refractivity contribution in [2.75, 3.05) is 25.1 Å². The Morgan fingerprint density at radius 2 is 1.68 bits per heavy atom. The molecule has 180 valence electrons. The van der Waals surface area contributed by atoms with Gasteiger partial charge >= 0.3 is 0 Å². The lowest BCUT2D eigenvalue weighted by Crippen LogP contribution is -2.41. The highest BCUT2D eigenvalue weighted by atomic mass is 79.9. The van der Waals surface area contributed by atoms with E-state index in [2.05, 4.69) is 21.2 Å². The minimum atomic E-state index is -3.99. The highest BCUT2D eigenvalue weighted by molar-refractivity contribution is 9.10. The largest absolute Gasteiger partial charge is 0.493 e. The molecule has 1 atom stereocenters. The van der Waals surface area contributed by atoms with Gasteiger partial charge in [-0.25, -0.2) is 8.42 Å². The summed E-state index contributed by atoms with van der Waals surface area (Å²) in [6.45, 7) is 3.31. The summed E-state index contributed by atoms with van der Waals surface area (Å²) in [4.78, 5) is 13.1. The van der Waals surface area contributed by atoms with E-state index in [-0.39, 0.29) is 11.4 Å². The van der Waals surface area contributed by atoms with Gasteiger partial charge in [-0.15, -0.1) is 0 Å². The number of rotatable bonds is 9. The van der Waals surface area contributed by atoms with Crippen molar-refractivity contribution in [2.45, 2.75) is 24.8 Å². The summed E-state index contributed by atoms with van der Waals surface area (Å²) in [5.74, 6) is 0.673. The van der Waals surface area contributed by atoms with E-state index < -0.39 is 22.0 Å². The number of nitrogens with zero attached hydrogens (tertiary/aromatic N) is 1. The number of carbonyl (C=O) groups excluding carboxylic acids is 1. The van der Waals surface area contributed by atoms with Crippen molar-refractivity contribution >= 4 is 37.5 Å². The fraction of sp³-hybridized carbons (Fsp3) is 0.240. The molecule has 3 aromatic rings. The van der Waals surface area contributed by atoms with Crippen LogP contribution in [-0.2, 0) is 14.8 Å². The maximum atomic E-state index is 13.5. The highest BCUT2D eigenvalue weighted by Gasteiger charge is 2.28. The van der Waals surface area contributed by atoms with Crippen molar-refractivity contribution in [3.05, 3.63) is 82.3 Å². The van der Waals surface area contributed by atoms with Gasteiger partial charge in [0.25, 0.3) is 10.0 Å². The number of benzene rings is 3. The molecule has 0 saturated carbocycles. The molecule has 0 fully saturated rings. The summed E-state index contributed by atoms with van der Waals surface area (Å²) in [6.07, 6.45) is 0. The van der Waals surface area contributed by atoms with E-state index in [1.165, 1.54) is 7.11 Å². The molecule has 7 nitrogen and oxygen atoms in total. The molecule has 3 rings (SSSR count). The van der Waals surface area contributed by atoms with Crippen molar-refractivity contribution in [3.63, 3.8) is 0 Å². The Morgan fingerprint density at radius 3 is 2.29 bits per heavy atom. The lowest BCUT2D eigenvalue weighted by atomic mass is 10.1. The van der Waals surface area contributed by atoms with E-state index >= 15 is 0 Å². The molecule has 0 aromatic heterocycles. The molecule has 0 spiro atoms. The first-order valence-electron chi connectivity index (χ1n) is 10.5. The number of methoxy groups -OCH3 is 2. The van der Waals surface area contributed by atoms with Crippen molar-refractivity contribution in [2.24, 2.45) is 0 Å². The van der Waals surface area contributed by atoms with Gasteiger partial charge in [-0.1, -0.05) is 45.8 Å². The highest BCUT2D eigenvalue weighted by Crippen LogP contribution is 2.30. The molecule has 1 unspecified atom stereocenters. The van der Waals surface area contributed by atoms with Crippen molar-refractivity contribution in [3.8, 4) is 11.5 Å². The summed E-state index contributed by atoms with van der Waals surface area (Å²) in [5.41, 5.74) is 2.11. The number of carbonyl (C=O) groups is 1. The molecule has 34 heavy (non-hydrogen) atoms. The SMILES string of the molecule is COc1ccc(C(C)NC(=O)CN(c2cccc(Br)c2)S(=O)(=O)c2ccc(C)cc2)cc1OC. The first kappa shape index (κ1) is 25.6. The number of anilines is 1. The lowest BCUT2D eigenvalue weighted by molar-refractivity contribution is -0.120. The van der Waals surface area contributed by atoms with Gasteiger partial charge in [0, 0.05) is 4.47 Å². The molecule has 0 saturated heterocycles. The Bertz CT molecular complexity index is 1260. The van der Waals surface area contributed by atoms with Crippen molar-refractivity contribution in [1.82, 2.24) is 5.32 Å². The zero-order valence-electron chi connectivity index (χ0n) is 19.4. The summed E-state index contributed by atoms with van der Waals surface area (Å²) in [7, 11) is -0.900. The molecule has 1 N–H and O–H groups in total. The van der Waals surface area contributed by atoms with E-state index in [1.54, 1.807) is 67.8 Å². The zero-order valence-corrected chi connectivity index (χ0v) is 21.8. The van der Waals surface area contributed by atoms with Crippen LogP contribution in [0.25, 0.3) is 0 Å². The third-order valence-corrected chi connectivity index (χ3v) is 7.56. The minimum Gasteiger partial charge on any atom is -0.493 e. The Labute approximate surface area is 208 Å². The molecule has 1 amide bonds. The second-order valence-electron chi connectivity index (χ2n) is 7.71. The second kappa shape index (κ2) is 10.9. The van der Waals surface area contributed by atoms with E-state index in [0.717, 1.165) is 15.4 Å². The zero-order chi connectivity index (χ0) is 24.9. The van der Waals surface area contributed by atoms with Gasteiger partial charge in [0.05, 0.1) is 30.8 Å². The number of sulfonamides is 1. The van der Waals surface area contributed by atoms with Gasteiger partial charge in [0.2, 0.25) is 5.91 Å². The second-order valence-corrected chi connectivity index (χ2v) is 10.5. The third kappa shape index (κ3) is 5.90. The van der Waals surface area contributed by atoms with Gasteiger partial charge < -0.3 is 14.8 Å². The van der Waals surface area contributed by atoms with Crippen LogP contribution in [-0.4, -0.2) is 35.1 Å². The van der Waals surface area contributed by atoms with Gasteiger partial charge in [-0.2, -0.15) is 0 Å². The van der Waals surface area contributed by atoms with E-state index in [4.69, 9.17) is 9.47 Å². The van der Waals surface area contributed by atoms with Crippen LogP contribution in [0.1, 0.15) is 24.1 Å². The summed E-state index contributed by atoms with van der Waals surface area (Å²) in [6, 6.07) is 18.3. The van der Waals surface area contributed by atoms with E-state index in [0.29, 0.717) is 21.7 Å². The Morgan fingerprint density at radius 1 is 1.00 bits per heavy atom. The smallest absolute Gasteiger partial charge is 0.264 e. The van der Waals surface area contributed by atoms with Crippen LogP contribution in [0.15, 0.2) is 76.1 Å². The molecule has 0 heterocycles. The van der Waals surface area contributed by atoms with Crippen LogP contribution in [0.4, 0.5) is 5.69 Å². The third-order valence-electron chi connectivity index (χ3n) is 5.28. The van der Waals surface area contributed by atoms with Gasteiger partial charge in [0.1, 0.15) is 6.54 Å². The van der Waals surface area contributed by atoms with Gasteiger partial charge in [0.15, 0.2) is 11.5 Å². The Kier molecular flexibility index (Phi) is 8.22. The van der Waals surface area contributed by atoms with Crippen LogP contribution in [0.2, 0.25) is 0 Å². The van der Waals surface area contributed by atoms with Crippen LogP contribution >= 0.6 is 15.9 Å².